The first-order chi connectivity index (χ1) is 9.01. The van der Waals surface area contributed by atoms with E-state index >= 15 is 0 Å². The van der Waals surface area contributed by atoms with Gasteiger partial charge in [-0.05, 0) is 39.8 Å². The molecule has 2 aromatic heterocycles. The Morgan fingerprint density at radius 2 is 1.89 bits per heavy atom. The zero-order valence-electron chi connectivity index (χ0n) is 11.9. The molecule has 1 unspecified atom stereocenters. The highest BCUT2D eigenvalue weighted by atomic mass is 16.3. The molecule has 102 valence electrons. The van der Waals surface area contributed by atoms with Gasteiger partial charge in [0.15, 0.2) is 0 Å². The maximum atomic E-state index is 10.4. The average Bonchev–Trinajstić information content (AvgIpc) is 2.72. The average molecular weight is 260 g/mol. The van der Waals surface area contributed by atoms with Gasteiger partial charge in [-0.3, -0.25) is 4.68 Å². The highest BCUT2D eigenvalue weighted by molar-refractivity contribution is 5.24. The van der Waals surface area contributed by atoms with E-state index in [1.165, 1.54) is 0 Å². The quantitative estimate of drug-likeness (QED) is 0.912. The molecule has 5 heteroatoms. The van der Waals surface area contributed by atoms with Crippen LogP contribution >= 0.6 is 0 Å². The number of aromatic nitrogens is 4. The summed E-state index contributed by atoms with van der Waals surface area (Å²) in [4.78, 5) is 0. The first-order valence-electron chi connectivity index (χ1n) is 6.53. The summed E-state index contributed by atoms with van der Waals surface area (Å²) in [6.45, 7) is 8.57. The second-order valence-electron chi connectivity index (χ2n) is 4.84. The van der Waals surface area contributed by atoms with Crippen LogP contribution in [0.25, 0.3) is 0 Å². The SMILES string of the molecule is CCn1nc(C)cc1CC(O)c1cc(C)nnc1C. The molecule has 5 nitrogen and oxygen atoms in total. The molecule has 0 spiro atoms. The minimum absolute atomic E-state index is 0.542. The van der Waals surface area contributed by atoms with Crippen molar-refractivity contribution in [2.45, 2.75) is 46.8 Å². The Morgan fingerprint density at radius 1 is 1.16 bits per heavy atom. The molecule has 1 N–H and O–H groups in total. The third-order valence-corrected chi connectivity index (χ3v) is 3.19. The van der Waals surface area contributed by atoms with Gasteiger partial charge in [-0.15, -0.1) is 0 Å². The number of aliphatic hydroxyl groups excluding tert-OH is 1. The molecule has 2 heterocycles. The van der Waals surface area contributed by atoms with Gasteiger partial charge in [-0.25, -0.2) is 0 Å². The lowest BCUT2D eigenvalue weighted by molar-refractivity contribution is 0.174. The van der Waals surface area contributed by atoms with E-state index in [4.69, 9.17) is 0 Å². The normalized spacial score (nSPS) is 12.7. The Balaban J connectivity index is 2.25. The van der Waals surface area contributed by atoms with E-state index in [-0.39, 0.29) is 0 Å². The molecular weight excluding hydrogens is 240 g/mol. The molecule has 0 radical (unpaired) electrons. The van der Waals surface area contributed by atoms with E-state index in [0.717, 1.165) is 34.9 Å². The van der Waals surface area contributed by atoms with Crippen LogP contribution in [-0.2, 0) is 13.0 Å². The van der Waals surface area contributed by atoms with Crippen molar-refractivity contribution in [1.82, 2.24) is 20.0 Å². The van der Waals surface area contributed by atoms with E-state index in [2.05, 4.69) is 15.3 Å². The summed E-state index contributed by atoms with van der Waals surface area (Å²) in [5.74, 6) is 0. The number of nitrogens with zero attached hydrogens (tertiary/aromatic N) is 4. The van der Waals surface area contributed by atoms with Crippen LogP contribution in [0.2, 0.25) is 0 Å². The van der Waals surface area contributed by atoms with Crippen molar-refractivity contribution in [3.8, 4) is 0 Å². The summed E-state index contributed by atoms with van der Waals surface area (Å²) in [5.41, 5.74) is 4.46. The Bertz CT molecular complexity index is 577. The van der Waals surface area contributed by atoms with E-state index < -0.39 is 6.10 Å². The van der Waals surface area contributed by atoms with Crippen LogP contribution in [0.4, 0.5) is 0 Å². The fourth-order valence-corrected chi connectivity index (χ4v) is 2.25. The Morgan fingerprint density at radius 3 is 2.58 bits per heavy atom. The summed E-state index contributed by atoms with van der Waals surface area (Å²) in [6, 6.07) is 3.91. The van der Waals surface area contributed by atoms with Crippen LogP contribution in [-0.4, -0.2) is 25.1 Å². The Labute approximate surface area is 113 Å². The minimum atomic E-state index is -0.574. The van der Waals surface area contributed by atoms with Gasteiger partial charge in [0.05, 0.1) is 23.2 Å². The number of hydrogen-bond donors (Lipinski definition) is 1. The number of aryl methyl sites for hydroxylation is 4. The van der Waals surface area contributed by atoms with Crippen LogP contribution in [0.5, 0.6) is 0 Å². The molecule has 2 rings (SSSR count). The largest absolute Gasteiger partial charge is 0.388 e. The fourth-order valence-electron chi connectivity index (χ4n) is 2.25. The summed E-state index contributed by atoms with van der Waals surface area (Å²) < 4.78 is 1.93. The molecule has 2 aromatic rings. The molecular formula is C14H20N4O. The third-order valence-electron chi connectivity index (χ3n) is 3.19. The standard InChI is InChI=1S/C14H20N4O/c1-5-18-12(6-10(3)17-18)8-14(19)13-7-9(2)15-16-11(13)4/h6-7,14,19H,5,8H2,1-4H3. The van der Waals surface area contributed by atoms with Crippen molar-refractivity contribution in [2.75, 3.05) is 0 Å². The molecule has 0 aliphatic carbocycles. The molecule has 0 aliphatic heterocycles. The van der Waals surface area contributed by atoms with Crippen molar-refractivity contribution in [2.24, 2.45) is 0 Å². The molecule has 0 fully saturated rings. The second kappa shape index (κ2) is 5.48. The topological polar surface area (TPSA) is 63.8 Å². The van der Waals surface area contributed by atoms with E-state index in [0.29, 0.717) is 6.42 Å². The maximum absolute atomic E-state index is 10.4. The highest BCUT2D eigenvalue weighted by Crippen LogP contribution is 2.21. The van der Waals surface area contributed by atoms with E-state index in [9.17, 15) is 5.11 Å². The van der Waals surface area contributed by atoms with Gasteiger partial charge in [0.2, 0.25) is 0 Å². The van der Waals surface area contributed by atoms with Crippen molar-refractivity contribution < 1.29 is 5.11 Å². The van der Waals surface area contributed by atoms with Gasteiger partial charge >= 0.3 is 0 Å². The van der Waals surface area contributed by atoms with Gasteiger partial charge in [0.25, 0.3) is 0 Å². The first kappa shape index (κ1) is 13.7. The van der Waals surface area contributed by atoms with Gasteiger partial charge in [0.1, 0.15) is 0 Å². The first-order valence-corrected chi connectivity index (χ1v) is 6.53. The van der Waals surface area contributed by atoms with Gasteiger partial charge in [-0.2, -0.15) is 15.3 Å². The van der Waals surface area contributed by atoms with Gasteiger partial charge in [0, 0.05) is 24.2 Å². The van der Waals surface area contributed by atoms with Crippen LogP contribution in [0.1, 0.15) is 41.4 Å². The zero-order chi connectivity index (χ0) is 14.0. The molecule has 0 aliphatic rings. The molecule has 0 saturated heterocycles. The monoisotopic (exact) mass is 260 g/mol. The molecule has 19 heavy (non-hydrogen) atoms. The number of aliphatic hydroxyl groups is 1. The van der Waals surface area contributed by atoms with Crippen LogP contribution in [0, 0.1) is 20.8 Å². The number of hydrogen-bond acceptors (Lipinski definition) is 4. The zero-order valence-corrected chi connectivity index (χ0v) is 11.9. The Kier molecular flexibility index (Phi) is 3.95. The predicted molar refractivity (Wildman–Crippen MR) is 72.8 cm³/mol. The van der Waals surface area contributed by atoms with Crippen LogP contribution < -0.4 is 0 Å². The molecule has 0 bridgehead atoms. The van der Waals surface area contributed by atoms with Gasteiger partial charge < -0.3 is 5.11 Å². The van der Waals surface area contributed by atoms with Crippen molar-refractivity contribution in [3.05, 3.63) is 40.5 Å². The lowest BCUT2D eigenvalue weighted by atomic mass is 10.0. The van der Waals surface area contributed by atoms with Crippen LogP contribution in [0.3, 0.4) is 0 Å². The lowest BCUT2D eigenvalue weighted by Crippen LogP contribution is -2.11. The molecule has 1 atom stereocenters. The smallest absolute Gasteiger partial charge is 0.0864 e. The van der Waals surface area contributed by atoms with E-state index in [1.54, 1.807) is 0 Å². The Hall–Kier alpha value is -1.75. The summed E-state index contributed by atoms with van der Waals surface area (Å²) in [5, 5.41) is 22.8. The van der Waals surface area contributed by atoms with Gasteiger partial charge in [-0.1, -0.05) is 0 Å². The summed E-state index contributed by atoms with van der Waals surface area (Å²) >= 11 is 0. The molecule has 0 aromatic carbocycles. The summed E-state index contributed by atoms with van der Waals surface area (Å²) in [7, 11) is 0. The molecule has 0 amide bonds. The van der Waals surface area contributed by atoms with Crippen molar-refractivity contribution >= 4 is 0 Å². The summed E-state index contributed by atoms with van der Waals surface area (Å²) in [6.07, 6.45) is -0.0312. The lowest BCUT2D eigenvalue weighted by Gasteiger charge is -2.14. The second-order valence-corrected chi connectivity index (χ2v) is 4.84. The van der Waals surface area contributed by atoms with E-state index in [1.807, 2.05) is 44.5 Å². The number of rotatable bonds is 4. The van der Waals surface area contributed by atoms with Crippen molar-refractivity contribution in [3.63, 3.8) is 0 Å². The minimum Gasteiger partial charge on any atom is -0.388 e. The molecule has 0 saturated carbocycles. The predicted octanol–water partition coefficient (Wildman–Crippen LogP) is 1.89. The highest BCUT2D eigenvalue weighted by Gasteiger charge is 2.16. The fraction of sp³-hybridized carbons (Fsp3) is 0.500. The van der Waals surface area contributed by atoms with Crippen molar-refractivity contribution in [1.29, 1.82) is 0 Å². The maximum Gasteiger partial charge on any atom is 0.0864 e. The third kappa shape index (κ3) is 2.98. The van der Waals surface area contributed by atoms with Crippen LogP contribution in [0.15, 0.2) is 12.1 Å².